The Bertz CT molecular complexity index is 515. The molecule has 16 heavy (non-hydrogen) atoms. The summed E-state index contributed by atoms with van der Waals surface area (Å²) < 4.78 is 4.07. The average Bonchev–Trinajstić information content (AvgIpc) is 3.09. The van der Waals surface area contributed by atoms with Crippen LogP contribution >= 0.6 is 31.9 Å². The predicted octanol–water partition coefficient (Wildman–Crippen LogP) is 4.27. The van der Waals surface area contributed by atoms with Gasteiger partial charge in [-0.05, 0) is 56.8 Å². The van der Waals surface area contributed by atoms with Crippen LogP contribution in [0.15, 0.2) is 39.5 Å². The first kappa shape index (κ1) is 10.5. The SMILES string of the molecule is Brc1nc(C2CC2)n(-c2ccccc2)c1Br. The minimum Gasteiger partial charge on any atom is -0.290 e. The van der Waals surface area contributed by atoms with Crippen LogP contribution in [0.2, 0.25) is 0 Å². The van der Waals surface area contributed by atoms with Gasteiger partial charge in [0.25, 0.3) is 0 Å². The molecule has 1 saturated carbocycles. The molecule has 0 N–H and O–H groups in total. The lowest BCUT2D eigenvalue weighted by Gasteiger charge is -2.08. The maximum absolute atomic E-state index is 4.58. The van der Waals surface area contributed by atoms with E-state index in [-0.39, 0.29) is 0 Å². The molecule has 1 heterocycles. The smallest absolute Gasteiger partial charge is 0.139 e. The third-order valence-corrected chi connectivity index (χ3v) is 4.58. The van der Waals surface area contributed by atoms with E-state index in [0.717, 1.165) is 20.7 Å². The lowest BCUT2D eigenvalue weighted by atomic mass is 10.3. The van der Waals surface area contributed by atoms with Crippen molar-refractivity contribution < 1.29 is 0 Å². The average molecular weight is 342 g/mol. The standard InChI is InChI=1S/C12H10Br2N2/c13-10-11(14)16(9-4-2-1-3-5-9)12(15-10)8-6-7-8/h1-5,8H,6-7H2. The number of rotatable bonds is 2. The van der Waals surface area contributed by atoms with E-state index >= 15 is 0 Å². The minimum atomic E-state index is 0.628. The van der Waals surface area contributed by atoms with Crippen LogP contribution in [0.25, 0.3) is 5.69 Å². The molecule has 0 spiro atoms. The molecule has 1 fully saturated rings. The molecule has 1 aromatic carbocycles. The van der Waals surface area contributed by atoms with Crippen molar-refractivity contribution in [2.24, 2.45) is 0 Å². The Hall–Kier alpha value is -0.610. The summed E-state index contributed by atoms with van der Waals surface area (Å²) in [5.41, 5.74) is 1.16. The molecule has 1 aliphatic rings. The van der Waals surface area contributed by atoms with Crippen molar-refractivity contribution in [1.82, 2.24) is 9.55 Å². The Kier molecular flexibility index (Phi) is 2.64. The summed E-state index contributed by atoms with van der Waals surface area (Å²) >= 11 is 7.07. The molecule has 0 amide bonds. The van der Waals surface area contributed by atoms with Crippen LogP contribution in [0.4, 0.5) is 0 Å². The number of aromatic nitrogens is 2. The van der Waals surface area contributed by atoms with Gasteiger partial charge in [-0.2, -0.15) is 0 Å². The van der Waals surface area contributed by atoms with Crippen LogP contribution < -0.4 is 0 Å². The van der Waals surface area contributed by atoms with Gasteiger partial charge in [-0.3, -0.25) is 4.57 Å². The molecule has 1 aliphatic carbocycles. The number of imidazole rings is 1. The molecule has 3 rings (SSSR count). The van der Waals surface area contributed by atoms with Crippen molar-refractivity contribution in [1.29, 1.82) is 0 Å². The van der Waals surface area contributed by atoms with Gasteiger partial charge < -0.3 is 0 Å². The van der Waals surface area contributed by atoms with Crippen LogP contribution in [-0.2, 0) is 0 Å². The van der Waals surface area contributed by atoms with E-state index in [0.29, 0.717) is 5.92 Å². The summed E-state index contributed by atoms with van der Waals surface area (Å²) in [5.74, 6) is 1.78. The predicted molar refractivity (Wildman–Crippen MR) is 70.9 cm³/mol. The maximum Gasteiger partial charge on any atom is 0.139 e. The van der Waals surface area contributed by atoms with E-state index in [2.05, 4.69) is 53.5 Å². The maximum atomic E-state index is 4.58. The third kappa shape index (κ3) is 1.74. The first-order valence-electron chi connectivity index (χ1n) is 5.26. The van der Waals surface area contributed by atoms with Crippen molar-refractivity contribution >= 4 is 31.9 Å². The summed E-state index contributed by atoms with van der Waals surface area (Å²) in [6, 6.07) is 10.3. The van der Waals surface area contributed by atoms with Crippen molar-refractivity contribution in [3.63, 3.8) is 0 Å². The second kappa shape index (κ2) is 4.00. The van der Waals surface area contributed by atoms with Crippen molar-refractivity contribution in [2.45, 2.75) is 18.8 Å². The van der Waals surface area contributed by atoms with Crippen LogP contribution in [0.3, 0.4) is 0 Å². The highest BCUT2D eigenvalue weighted by molar-refractivity contribution is 9.13. The lowest BCUT2D eigenvalue weighted by molar-refractivity contribution is 0.870. The molecule has 0 radical (unpaired) electrons. The van der Waals surface area contributed by atoms with Gasteiger partial charge >= 0.3 is 0 Å². The summed E-state index contributed by atoms with van der Waals surface area (Å²) in [6.45, 7) is 0. The summed E-state index contributed by atoms with van der Waals surface area (Å²) in [7, 11) is 0. The molecule has 0 saturated heterocycles. The number of para-hydroxylation sites is 1. The van der Waals surface area contributed by atoms with E-state index in [4.69, 9.17) is 0 Å². The zero-order valence-corrected chi connectivity index (χ0v) is 11.7. The number of halogens is 2. The highest BCUT2D eigenvalue weighted by atomic mass is 79.9. The van der Waals surface area contributed by atoms with Crippen LogP contribution in [0.1, 0.15) is 24.6 Å². The highest BCUT2D eigenvalue weighted by Crippen LogP contribution is 2.43. The van der Waals surface area contributed by atoms with Gasteiger partial charge in [-0.1, -0.05) is 18.2 Å². The van der Waals surface area contributed by atoms with E-state index in [1.807, 2.05) is 18.2 Å². The number of benzene rings is 1. The Morgan fingerprint density at radius 3 is 2.44 bits per heavy atom. The minimum absolute atomic E-state index is 0.628. The fourth-order valence-corrected chi connectivity index (χ4v) is 2.66. The Labute approximate surface area is 111 Å². The Morgan fingerprint density at radius 2 is 1.81 bits per heavy atom. The largest absolute Gasteiger partial charge is 0.290 e. The monoisotopic (exact) mass is 340 g/mol. The Balaban J connectivity index is 2.18. The third-order valence-electron chi connectivity index (χ3n) is 2.77. The lowest BCUT2D eigenvalue weighted by Crippen LogP contribution is -1.99. The van der Waals surface area contributed by atoms with Gasteiger partial charge in [-0.15, -0.1) is 0 Å². The molecular formula is C12H10Br2N2. The number of hydrogen-bond donors (Lipinski definition) is 0. The molecule has 2 nitrogen and oxygen atoms in total. The fourth-order valence-electron chi connectivity index (χ4n) is 1.83. The van der Waals surface area contributed by atoms with E-state index in [1.165, 1.54) is 12.8 Å². The zero-order chi connectivity index (χ0) is 11.1. The van der Waals surface area contributed by atoms with Gasteiger partial charge in [0.2, 0.25) is 0 Å². The van der Waals surface area contributed by atoms with E-state index < -0.39 is 0 Å². The molecule has 0 bridgehead atoms. The van der Waals surface area contributed by atoms with Gasteiger partial charge in [0, 0.05) is 11.6 Å². The molecule has 0 atom stereocenters. The summed E-state index contributed by atoms with van der Waals surface area (Å²) in [5, 5.41) is 0. The second-order valence-electron chi connectivity index (χ2n) is 4.00. The van der Waals surface area contributed by atoms with Crippen molar-refractivity contribution in [2.75, 3.05) is 0 Å². The molecule has 0 unspecified atom stereocenters. The quantitative estimate of drug-likeness (QED) is 0.797. The fraction of sp³-hybridized carbons (Fsp3) is 0.250. The van der Waals surface area contributed by atoms with Crippen LogP contribution in [0, 0.1) is 0 Å². The highest BCUT2D eigenvalue weighted by Gasteiger charge is 2.30. The number of nitrogens with zero attached hydrogens (tertiary/aromatic N) is 2. The van der Waals surface area contributed by atoms with Crippen molar-refractivity contribution in [3.8, 4) is 5.69 Å². The van der Waals surface area contributed by atoms with Gasteiger partial charge in [0.05, 0.1) is 0 Å². The topological polar surface area (TPSA) is 17.8 Å². The van der Waals surface area contributed by atoms with Crippen LogP contribution in [-0.4, -0.2) is 9.55 Å². The molecular weight excluding hydrogens is 332 g/mol. The first-order chi connectivity index (χ1) is 7.77. The second-order valence-corrected chi connectivity index (χ2v) is 5.50. The van der Waals surface area contributed by atoms with E-state index in [1.54, 1.807) is 0 Å². The molecule has 82 valence electrons. The summed E-state index contributed by atoms with van der Waals surface area (Å²) in [6.07, 6.45) is 2.51. The van der Waals surface area contributed by atoms with Gasteiger partial charge in [0.1, 0.15) is 15.0 Å². The molecule has 2 aromatic rings. The van der Waals surface area contributed by atoms with Gasteiger partial charge in [-0.25, -0.2) is 4.98 Å². The molecule has 1 aromatic heterocycles. The van der Waals surface area contributed by atoms with E-state index in [9.17, 15) is 0 Å². The normalized spacial score (nSPS) is 15.4. The van der Waals surface area contributed by atoms with Gasteiger partial charge in [0.15, 0.2) is 0 Å². The first-order valence-corrected chi connectivity index (χ1v) is 6.85. The molecule has 4 heteroatoms. The van der Waals surface area contributed by atoms with Crippen LogP contribution in [0.5, 0.6) is 0 Å². The molecule has 0 aliphatic heterocycles. The summed E-state index contributed by atoms with van der Waals surface area (Å²) in [4.78, 5) is 4.58. The van der Waals surface area contributed by atoms with Crippen molar-refractivity contribution in [3.05, 3.63) is 45.4 Å². The zero-order valence-electron chi connectivity index (χ0n) is 8.53. The Morgan fingerprint density at radius 1 is 1.12 bits per heavy atom. The number of hydrogen-bond acceptors (Lipinski definition) is 1.